The van der Waals surface area contributed by atoms with E-state index in [2.05, 4.69) is 20.9 Å². The van der Waals surface area contributed by atoms with Crippen LogP contribution in [-0.4, -0.2) is 28.0 Å². The summed E-state index contributed by atoms with van der Waals surface area (Å²) in [6, 6.07) is 32.8. The monoisotopic (exact) mass is 606 g/mol. The molecule has 5 rings (SSSR count). The number of aromatic nitrogens is 1. The molecular weight excluding hydrogens is 580 g/mol. The number of thioether (sulfide) groups is 1. The zero-order chi connectivity index (χ0) is 30.2. The van der Waals surface area contributed by atoms with Gasteiger partial charge in [-0.2, -0.15) is 0 Å². The molecule has 0 aliphatic carbocycles. The summed E-state index contributed by atoms with van der Waals surface area (Å²) in [6.45, 7) is 1.80. The number of anilines is 2. The van der Waals surface area contributed by atoms with Crippen molar-refractivity contribution >= 4 is 69.4 Å². The van der Waals surface area contributed by atoms with Gasteiger partial charge < -0.3 is 16.0 Å². The SMILES string of the molecule is CC(Sc1ccc(NC(=O)/C(=C/c2cccc3ccccc23)NC(=O)c2ccccc2)cc1)C(=O)Nc1ccc(Cl)cn1. The topological polar surface area (TPSA) is 100 Å². The summed E-state index contributed by atoms with van der Waals surface area (Å²) in [6.07, 6.45) is 3.15. The van der Waals surface area contributed by atoms with Gasteiger partial charge in [-0.15, -0.1) is 11.8 Å². The van der Waals surface area contributed by atoms with E-state index >= 15 is 0 Å². The second kappa shape index (κ2) is 13.8. The van der Waals surface area contributed by atoms with Gasteiger partial charge in [0.2, 0.25) is 5.91 Å². The number of hydrogen-bond donors (Lipinski definition) is 3. The number of halogens is 1. The van der Waals surface area contributed by atoms with E-state index in [9.17, 15) is 14.4 Å². The molecule has 0 spiro atoms. The van der Waals surface area contributed by atoms with Gasteiger partial charge in [-0.25, -0.2) is 4.98 Å². The molecule has 0 aliphatic rings. The molecule has 1 unspecified atom stereocenters. The Kier molecular flexibility index (Phi) is 9.51. The second-order valence-electron chi connectivity index (χ2n) is 9.54. The number of amides is 3. The summed E-state index contributed by atoms with van der Waals surface area (Å²) in [5.74, 6) is -0.642. The quantitative estimate of drug-likeness (QED) is 0.120. The summed E-state index contributed by atoms with van der Waals surface area (Å²) in [5, 5.41) is 10.5. The molecule has 1 heterocycles. The number of carbonyl (C=O) groups excluding carboxylic acids is 3. The number of fused-ring (bicyclic) bond motifs is 1. The molecule has 214 valence electrons. The zero-order valence-electron chi connectivity index (χ0n) is 23.1. The van der Waals surface area contributed by atoms with E-state index in [4.69, 9.17) is 11.6 Å². The largest absolute Gasteiger partial charge is 0.321 e. The number of benzene rings is 4. The van der Waals surface area contributed by atoms with Crippen LogP contribution in [0.5, 0.6) is 0 Å². The molecule has 43 heavy (non-hydrogen) atoms. The molecular formula is C34H27ClN4O3S. The molecule has 1 atom stereocenters. The van der Waals surface area contributed by atoms with E-state index < -0.39 is 17.1 Å². The highest BCUT2D eigenvalue weighted by molar-refractivity contribution is 8.00. The Morgan fingerprint density at radius 2 is 1.53 bits per heavy atom. The van der Waals surface area contributed by atoms with Crippen LogP contribution in [0.1, 0.15) is 22.8 Å². The van der Waals surface area contributed by atoms with E-state index in [-0.39, 0.29) is 11.6 Å². The Balaban J connectivity index is 1.30. The summed E-state index contributed by atoms with van der Waals surface area (Å²) >= 11 is 7.23. The Bertz CT molecular complexity index is 1790. The van der Waals surface area contributed by atoms with Crippen molar-refractivity contribution in [2.75, 3.05) is 10.6 Å². The summed E-state index contributed by atoms with van der Waals surface area (Å²) < 4.78 is 0. The van der Waals surface area contributed by atoms with Crippen LogP contribution in [0.3, 0.4) is 0 Å². The van der Waals surface area contributed by atoms with Crippen LogP contribution < -0.4 is 16.0 Å². The van der Waals surface area contributed by atoms with Gasteiger partial charge in [0.25, 0.3) is 11.8 Å². The molecule has 4 aromatic carbocycles. The van der Waals surface area contributed by atoms with Crippen molar-refractivity contribution in [2.24, 2.45) is 0 Å². The Labute approximate surface area is 258 Å². The Hall–Kier alpha value is -4.92. The molecule has 0 saturated carbocycles. The minimum Gasteiger partial charge on any atom is -0.321 e. The van der Waals surface area contributed by atoms with Crippen molar-refractivity contribution in [3.05, 3.63) is 137 Å². The fourth-order valence-electron chi connectivity index (χ4n) is 4.22. The second-order valence-corrected chi connectivity index (χ2v) is 11.4. The highest BCUT2D eigenvalue weighted by Crippen LogP contribution is 2.26. The van der Waals surface area contributed by atoms with E-state index in [1.807, 2.05) is 60.7 Å². The number of rotatable bonds is 9. The summed E-state index contributed by atoms with van der Waals surface area (Å²) in [5.41, 5.74) is 1.87. The standard InChI is InChI=1S/C34H27ClN4O3S/c1-22(32(40)39-31-19-14-26(35)21-36-31)43-28-17-15-27(16-18-28)37-34(42)30(38-33(41)24-9-3-2-4-10-24)20-25-12-7-11-23-8-5-6-13-29(23)25/h2-22H,1H3,(H,37,42)(H,38,41)(H,36,39,40)/b30-20-. The average molecular weight is 607 g/mol. The van der Waals surface area contributed by atoms with E-state index in [1.54, 1.807) is 61.5 Å². The summed E-state index contributed by atoms with van der Waals surface area (Å²) in [4.78, 5) is 44.1. The van der Waals surface area contributed by atoms with Crippen molar-refractivity contribution in [3.8, 4) is 0 Å². The van der Waals surface area contributed by atoms with Crippen molar-refractivity contribution in [2.45, 2.75) is 17.1 Å². The zero-order valence-corrected chi connectivity index (χ0v) is 24.7. The predicted molar refractivity (Wildman–Crippen MR) is 174 cm³/mol. The van der Waals surface area contributed by atoms with Gasteiger partial charge in [0, 0.05) is 22.3 Å². The first kappa shape index (κ1) is 29.6. The maximum atomic E-state index is 13.5. The van der Waals surface area contributed by atoms with Gasteiger partial charge in [0.05, 0.1) is 10.3 Å². The fraction of sp³-hybridized carbons (Fsp3) is 0.0588. The Morgan fingerprint density at radius 3 is 2.28 bits per heavy atom. The van der Waals surface area contributed by atoms with Gasteiger partial charge in [0.15, 0.2) is 0 Å². The molecule has 0 bridgehead atoms. The highest BCUT2D eigenvalue weighted by Gasteiger charge is 2.17. The molecule has 1 aromatic heterocycles. The maximum absolute atomic E-state index is 13.5. The normalized spacial score (nSPS) is 11.9. The van der Waals surface area contributed by atoms with Crippen LogP contribution in [0.2, 0.25) is 5.02 Å². The molecule has 5 aromatic rings. The molecule has 0 saturated heterocycles. The van der Waals surface area contributed by atoms with Crippen molar-refractivity contribution in [1.29, 1.82) is 0 Å². The Morgan fingerprint density at radius 1 is 0.814 bits per heavy atom. The molecule has 0 radical (unpaired) electrons. The number of nitrogens with one attached hydrogen (secondary N) is 3. The van der Waals surface area contributed by atoms with Crippen LogP contribution in [-0.2, 0) is 9.59 Å². The molecule has 0 fully saturated rings. The first-order valence-corrected chi connectivity index (χ1v) is 14.7. The van der Waals surface area contributed by atoms with Crippen molar-refractivity contribution in [3.63, 3.8) is 0 Å². The lowest BCUT2D eigenvalue weighted by Crippen LogP contribution is -2.30. The molecule has 0 aliphatic heterocycles. The van der Waals surface area contributed by atoms with E-state index in [0.29, 0.717) is 22.1 Å². The van der Waals surface area contributed by atoms with Crippen LogP contribution in [0, 0.1) is 0 Å². The van der Waals surface area contributed by atoms with Crippen LogP contribution in [0.4, 0.5) is 11.5 Å². The van der Waals surface area contributed by atoms with Crippen molar-refractivity contribution < 1.29 is 14.4 Å². The van der Waals surface area contributed by atoms with Gasteiger partial charge in [0.1, 0.15) is 11.5 Å². The molecule has 3 amide bonds. The van der Waals surface area contributed by atoms with Gasteiger partial charge in [-0.05, 0) is 77.9 Å². The summed E-state index contributed by atoms with van der Waals surface area (Å²) in [7, 11) is 0. The maximum Gasteiger partial charge on any atom is 0.272 e. The average Bonchev–Trinajstić information content (AvgIpc) is 3.03. The van der Waals surface area contributed by atoms with E-state index in [1.165, 1.54) is 18.0 Å². The number of nitrogens with zero attached hydrogens (tertiary/aromatic N) is 1. The minimum atomic E-state index is -0.471. The minimum absolute atomic E-state index is 0.102. The third-order valence-corrected chi connectivity index (χ3v) is 7.76. The molecule has 7 nitrogen and oxygen atoms in total. The third kappa shape index (κ3) is 7.88. The van der Waals surface area contributed by atoms with Crippen LogP contribution in [0.25, 0.3) is 16.8 Å². The highest BCUT2D eigenvalue weighted by atomic mass is 35.5. The molecule has 3 N–H and O–H groups in total. The predicted octanol–water partition coefficient (Wildman–Crippen LogP) is 7.42. The van der Waals surface area contributed by atoms with E-state index in [0.717, 1.165) is 21.2 Å². The first-order chi connectivity index (χ1) is 20.9. The lowest BCUT2D eigenvalue weighted by Gasteiger charge is -2.14. The number of hydrogen-bond acceptors (Lipinski definition) is 5. The third-order valence-electron chi connectivity index (χ3n) is 6.42. The fourth-order valence-corrected chi connectivity index (χ4v) is 5.20. The van der Waals surface area contributed by atoms with Gasteiger partial charge in [-0.1, -0.05) is 72.3 Å². The van der Waals surface area contributed by atoms with Gasteiger partial charge >= 0.3 is 0 Å². The lowest BCUT2D eigenvalue weighted by atomic mass is 10.0. The number of carbonyl (C=O) groups is 3. The first-order valence-electron chi connectivity index (χ1n) is 13.4. The van der Waals surface area contributed by atoms with Crippen molar-refractivity contribution in [1.82, 2.24) is 10.3 Å². The van der Waals surface area contributed by atoms with Crippen LogP contribution in [0.15, 0.2) is 126 Å². The smallest absolute Gasteiger partial charge is 0.272 e. The van der Waals surface area contributed by atoms with Crippen LogP contribution >= 0.6 is 23.4 Å². The number of pyridine rings is 1. The molecule has 9 heteroatoms. The lowest BCUT2D eigenvalue weighted by molar-refractivity contribution is -0.115. The van der Waals surface area contributed by atoms with Gasteiger partial charge in [-0.3, -0.25) is 14.4 Å².